The van der Waals surface area contributed by atoms with Crippen LogP contribution >= 0.6 is 0 Å². The molecule has 0 amide bonds. The summed E-state index contributed by atoms with van der Waals surface area (Å²) in [6.07, 6.45) is 2.22. The van der Waals surface area contributed by atoms with Crippen molar-refractivity contribution >= 4 is 11.9 Å². The van der Waals surface area contributed by atoms with Crippen molar-refractivity contribution in [2.75, 3.05) is 19.7 Å². The quantitative estimate of drug-likeness (QED) is 0.365. The first kappa shape index (κ1) is 18.1. The van der Waals surface area contributed by atoms with Gasteiger partial charge in [0, 0.05) is 18.7 Å². The molecule has 3 heterocycles. The summed E-state index contributed by atoms with van der Waals surface area (Å²) < 4.78 is 10.9. The lowest BCUT2D eigenvalue weighted by Crippen LogP contribution is -2.44. The average molecular weight is 351 g/mol. The molecule has 2 fully saturated rings. The van der Waals surface area contributed by atoms with Gasteiger partial charge in [0.15, 0.2) is 5.60 Å². The zero-order valence-electron chi connectivity index (χ0n) is 14.8. The van der Waals surface area contributed by atoms with Crippen molar-refractivity contribution in [2.45, 2.75) is 51.0 Å². The van der Waals surface area contributed by atoms with Crippen LogP contribution in [0, 0.1) is 5.92 Å². The summed E-state index contributed by atoms with van der Waals surface area (Å²) in [6.45, 7) is 5.85. The fourth-order valence-electron chi connectivity index (χ4n) is 3.68. The highest BCUT2D eigenvalue weighted by molar-refractivity contribution is 5.89. The van der Waals surface area contributed by atoms with Gasteiger partial charge in [-0.1, -0.05) is 19.1 Å². The Morgan fingerprint density at radius 2 is 2.12 bits per heavy atom. The first-order chi connectivity index (χ1) is 11.8. The number of allylic oxidation sites excluding steroid dienone is 1. The molecule has 25 heavy (non-hydrogen) atoms. The van der Waals surface area contributed by atoms with Gasteiger partial charge in [-0.2, -0.15) is 0 Å². The van der Waals surface area contributed by atoms with E-state index >= 15 is 0 Å². The van der Waals surface area contributed by atoms with Crippen molar-refractivity contribution < 1.29 is 29.3 Å². The number of ether oxygens (including phenoxy) is 2. The molecular formula is C18H25NO6. The number of fused-ring (bicyclic) bond motifs is 1. The molecule has 7 nitrogen and oxygen atoms in total. The van der Waals surface area contributed by atoms with Gasteiger partial charge in [-0.3, -0.25) is 4.90 Å². The van der Waals surface area contributed by atoms with Gasteiger partial charge >= 0.3 is 11.9 Å². The molecule has 0 radical (unpaired) electrons. The highest BCUT2D eigenvalue weighted by Crippen LogP contribution is 2.33. The SMILES string of the molecule is CC=C1C[C@@H](C)[C@@](C)(O)C(=O)OCC2=CCN3C[C@@H](OC1=O)[C@@H](O)[C@@H]23. The fourth-order valence-corrected chi connectivity index (χ4v) is 3.68. The smallest absolute Gasteiger partial charge is 0.338 e. The van der Waals surface area contributed by atoms with E-state index in [0.29, 0.717) is 18.7 Å². The van der Waals surface area contributed by atoms with Gasteiger partial charge in [0.1, 0.15) is 18.8 Å². The van der Waals surface area contributed by atoms with E-state index in [-0.39, 0.29) is 19.1 Å². The van der Waals surface area contributed by atoms with Crippen molar-refractivity contribution in [1.82, 2.24) is 4.90 Å². The van der Waals surface area contributed by atoms with E-state index in [2.05, 4.69) is 0 Å². The third-order valence-corrected chi connectivity index (χ3v) is 5.62. The summed E-state index contributed by atoms with van der Waals surface area (Å²) in [5.74, 6) is -1.78. The molecule has 0 aromatic rings. The molecule has 0 aromatic carbocycles. The Balaban J connectivity index is 1.92. The van der Waals surface area contributed by atoms with Crippen LogP contribution in [-0.2, 0) is 19.1 Å². The van der Waals surface area contributed by atoms with Gasteiger partial charge in [-0.25, -0.2) is 9.59 Å². The maximum Gasteiger partial charge on any atom is 0.338 e. The molecule has 2 bridgehead atoms. The van der Waals surface area contributed by atoms with Crippen molar-refractivity contribution in [2.24, 2.45) is 5.92 Å². The van der Waals surface area contributed by atoms with Crippen LogP contribution in [0.4, 0.5) is 0 Å². The number of cyclic esters (lactones) is 1. The summed E-state index contributed by atoms with van der Waals surface area (Å²) in [6, 6.07) is -0.331. The number of hydrogen-bond donors (Lipinski definition) is 2. The Kier molecular flexibility index (Phi) is 4.74. The number of aliphatic hydroxyl groups is 2. The molecule has 0 spiro atoms. The third-order valence-electron chi connectivity index (χ3n) is 5.62. The minimum absolute atomic E-state index is 0.0110. The maximum atomic E-state index is 12.5. The first-order valence-electron chi connectivity index (χ1n) is 8.62. The van der Waals surface area contributed by atoms with Crippen LogP contribution in [0.25, 0.3) is 0 Å². The minimum Gasteiger partial charge on any atom is -0.459 e. The van der Waals surface area contributed by atoms with Crippen molar-refractivity contribution in [3.05, 3.63) is 23.3 Å². The van der Waals surface area contributed by atoms with Gasteiger partial charge in [-0.15, -0.1) is 0 Å². The Morgan fingerprint density at radius 3 is 2.80 bits per heavy atom. The van der Waals surface area contributed by atoms with E-state index in [9.17, 15) is 19.8 Å². The van der Waals surface area contributed by atoms with E-state index in [4.69, 9.17) is 9.47 Å². The average Bonchev–Trinajstić information content (AvgIpc) is 3.09. The molecule has 2 N–H and O–H groups in total. The standard InChI is InChI=1S/C18H25NO6/c1-4-11-7-10(2)18(3,23)17(22)24-9-12-5-6-19-8-13(25-16(11)21)15(20)14(12)19/h4-5,10,13-15,20,23H,6-9H2,1-3H3/t10-,13-,14-,15-,18-/m1/s1. The summed E-state index contributed by atoms with van der Waals surface area (Å²) in [5, 5.41) is 21.2. The van der Waals surface area contributed by atoms with Crippen LogP contribution in [0.1, 0.15) is 27.2 Å². The van der Waals surface area contributed by atoms with Crippen LogP contribution in [-0.4, -0.2) is 70.6 Å². The Bertz CT molecular complexity index is 637. The lowest BCUT2D eigenvalue weighted by Gasteiger charge is -2.29. The van der Waals surface area contributed by atoms with Crippen LogP contribution in [0.3, 0.4) is 0 Å². The number of carbonyl (C=O) groups is 2. The molecule has 2 saturated heterocycles. The maximum absolute atomic E-state index is 12.5. The molecule has 0 aliphatic carbocycles. The third kappa shape index (κ3) is 3.12. The summed E-state index contributed by atoms with van der Waals surface area (Å²) in [4.78, 5) is 26.9. The lowest BCUT2D eigenvalue weighted by molar-refractivity contribution is -0.168. The van der Waals surface area contributed by atoms with E-state index in [1.165, 1.54) is 6.92 Å². The van der Waals surface area contributed by atoms with Crippen molar-refractivity contribution in [3.63, 3.8) is 0 Å². The summed E-state index contributed by atoms with van der Waals surface area (Å²) in [5.41, 5.74) is -0.581. The highest BCUT2D eigenvalue weighted by Gasteiger charge is 2.48. The minimum atomic E-state index is -1.72. The predicted molar refractivity (Wildman–Crippen MR) is 88.5 cm³/mol. The number of carbonyl (C=O) groups excluding carboxylic acids is 2. The van der Waals surface area contributed by atoms with E-state index in [1.54, 1.807) is 19.9 Å². The number of aliphatic hydroxyl groups excluding tert-OH is 1. The Hall–Kier alpha value is -1.70. The first-order valence-corrected chi connectivity index (χ1v) is 8.62. The van der Waals surface area contributed by atoms with E-state index < -0.39 is 35.7 Å². The Labute approximate surface area is 146 Å². The molecule has 0 saturated carbocycles. The zero-order valence-corrected chi connectivity index (χ0v) is 14.8. The van der Waals surface area contributed by atoms with Gasteiger partial charge in [0.25, 0.3) is 0 Å². The number of esters is 2. The second-order valence-electron chi connectivity index (χ2n) is 7.25. The van der Waals surface area contributed by atoms with Crippen LogP contribution in [0.2, 0.25) is 0 Å². The van der Waals surface area contributed by atoms with E-state index in [1.807, 2.05) is 11.0 Å². The van der Waals surface area contributed by atoms with Gasteiger partial charge < -0.3 is 19.7 Å². The number of rotatable bonds is 0. The predicted octanol–water partition coefficient (Wildman–Crippen LogP) is 0.164. The fraction of sp³-hybridized carbons (Fsp3) is 0.667. The molecule has 138 valence electrons. The molecule has 3 aliphatic rings. The molecule has 3 rings (SSSR count). The van der Waals surface area contributed by atoms with Crippen LogP contribution < -0.4 is 0 Å². The number of hydrogen-bond acceptors (Lipinski definition) is 7. The normalized spacial score (nSPS) is 41.5. The monoisotopic (exact) mass is 351 g/mol. The van der Waals surface area contributed by atoms with Gasteiger partial charge in [-0.05, 0) is 31.8 Å². The van der Waals surface area contributed by atoms with Crippen LogP contribution in [0.15, 0.2) is 23.3 Å². The summed E-state index contributed by atoms with van der Waals surface area (Å²) >= 11 is 0. The topological polar surface area (TPSA) is 96.3 Å². The van der Waals surface area contributed by atoms with Crippen LogP contribution in [0.5, 0.6) is 0 Å². The summed E-state index contributed by atoms with van der Waals surface area (Å²) in [7, 11) is 0. The van der Waals surface area contributed by atoms with Gasteiger partial charge in [0.2, 0.25) is 0 Å². The highest BCUT2D eigenvalue weighted by atomic mass is 16.6. The van der Waals surface area contributed by atoms with Crippen molar-refractivity contribution in [3.8, 4) is 0 Å². The molecule has 0 aromatic heterocycles. The lowest BCUT2D eigenvalue weighted by atomic mass is 9.85. The molecule has 5 atom stereocenters. The molecule has 0 unspecified atom stereocenters. The van der Waals surface area contributed by atoms with E-state index in [0.717, 1.165) is 5.57 Å². The molecule has 7 heteroatoms. The molecule has 3 aliphatic heterocycles. The molecular weight excluding hydrogens is 326 g/mol. The largest absolute Gasteiger partial charge is 0.459 e. The van der Waals surface area contributed by atoms with Gasteiger partial charge in [0.05, 0.1) is 6.04 Å². The van der Waals surface area contributed by atoms with Crippen molar-refractivity contribution in [1.29, 1.82) is 0 Å². The Morgan fingerprint density at radius 1 is 1.40 bits per heavy atom. The number of nitrogens with zero attached hydrogens (tertiary/aromatic N) is 1. The second kappa shape index (κ2) is 6.55. The second-order valence-corrected chi connectivity index (χ2v) is 7.25. The zero-order chi connectivity index (χ0) is 18.4.